The predicted molar refractivity (Wildman–Crippen MR) is 110 cm³/mol. The first kappa shape index (κ1) is 18.4. The molecule has 0 aliphatic carbocycles. The molecule has 6 heteroatoms. The van der Waals surface area contributed by atoms with Crippen LogP contribution in [0.4, 0.5) is 8.78 Å². The number of hydrogen-bond donors (Lipinski definition) is 0. The minimum atomic E-state index is -0.502. The number of nitrogens with zero attached hydrogens (tertiary/aromatic N) is 1. The second kappa shape index (κ2) is 7.24. The maximum atomic E-state index is 13.8. The summed E-state index contributed by atoms with van der Waals surface area (Å²) < 4.78 is 28.8. The van der Waals surface area contributed by atoms with Crippen molar-refractivity contribution in [3.63, 3.8) is 0 Å². The Labute approximate surface area is 165 Å². The molecular weight excluding hydrogens is 384 g/mol. The molecule has 0 saturated carbocycles. The minimum Gasteiger partial charge on any atom is -0.388 e. The van der Waals surface area contributed by atoms with Gasteiger partial charge in [-0.25, -0.2) is 8.78 Å². The molecule has 1 unspecified atom stereocenters. The number of thioether (sulfide) groups is 1. The molecule has 2 nitrogen and oxygen atoms in total. The van der Waals surface area contributed by atoms with Crippen LogP contribution in [0, 0.1) is 18.6 Å². The molecule has 2 heterocycles. The number of thiophene rings is 1. The summed E-state index contributed by atoms with van der Waals surface area (Å²) in [6.45, 7) is 4.11. The van der Waals surface area contributed by atoms with Crippen LogP contribution in [0.25, 0.3) is 10.1 Å². The summed E-state index contributed by atoms with van der Waals surface area (Å²) in [5.74, 6) is -0.123. The Kier molecular flexibility index (Phi) is 4.95. The van der Waals surface area contributed by atoms with Gasteiger partial charge in [0.1, 0.15) is 22.9 Å². The van der Waals surface area contributed by atoms with Gasteiger partial charge in [-0.2, -0.15) is 11.8 Å². The molecule has 0 amide bonds. The fourth-order valence-electron chi connectivity index (χ4n) is 3.27. The highest BCUT2D eigenvalue weighted by Crippen LogP contribution is 2.37. The van der Waals surface area contributed by atoms with Crippen LogP contribution in [0.1, 0.15) is 29.3 Å². The maximum absolute atomic E-state index is 13.8. The van der Waals surface area contributed by atoms with Gasteiger partial charge in [0.15, 0.2) is 0 Å². The normalized spacial score (nSPS) is 19.3. The van der Waals surface area contributed by atoms with Crippen molar-refractivity contribution in [1.82, 2.24) is 0 Å². The molecule has 1 aromatic heterocycles. The van der Waals surface area contributed by atoms with Gasteiger partial charge in [0.2, 0.25) is 0 Å². The molecule has 0 N–H and O–H groups in total. The van der Waals surface area contributed by atoms with Crippen molar-refractivity contribution in [3.8, 4) is 0 Å². The Morgan fingerprint density at radius 2 is 1.89 bits per heavy atom. The standard InChI is InChI=1S/C21H19F2NOS2/c1-13-14-6-3-4-9-19(14)27-20(13)18-10-21(2,25-24-18)12-26-11-15-16(22)7-5-8-17(15)23/h3-9H,10-12H2,1-2H3. The molecule has 1 aliphatic rings. The summed E-state index contributed by atoms with van der Waals surface area (Å²) in [4.78, 5) is 6.90. The third kappa shape index (κ3) is 3.60. The molecule has 0 saturated heterocycles. The number of aryl methyl sites for hydroxylation is 1. The quantitative estimate of drug-likeness (QED) is 0.498. The van der Waals surface area contributed by atoms with Gasteiger partial charge in [-0.3, -0.25) is 0 Å². The van der Waals surface area contributed by atoms with Gasteiger partial charge in [-0.1, -0.05) is 29.4 Å². The van der Waals surface area contributed by atoms with Crippen LogP contribution in [-0.4, -0.2) is 17.1 Å². The third-order valence-electron chi connectivity index (χ3n) is 4.74. The summed E-state index contributed by atoms with van der Waals surface area (Å²) in [5, 5.41) is 5.59. The topological polar surface area (TPSA) is 21.6 Å². The highest BCUT2D eigenvalue weighted by atomic mass is 32.2. The summed E-state index contributed by atoms with van der Waals surface area (Å²) in [6.07, 6.45) is 0.688. The number of halogens is 2. The highest BCUT2D eigenvalue weighted by Gasteiger charge is 2.36. The molecule has 0 fully saturated rings. The van der Waals surface area contributed by atoms with Crippen molar-refractivity contribution in [3.05, 3.63) is 70.1 Å². The molecule has 140 valence electrons. The summed E-state index contributed by atoms with van der Waals surface area (Å²) in [6, 6.07) is 12.3. The molecule has 0 radical (unpaired) electrons. The Morgan fingerprint density at radius 3 is 2.63 bits per heavy atom. The first-order chi connectivity index (χ1) is 13.0. The smallest absolute Gasteiger partial charge is 0.149 e. The van der Waals surface area contributed by atoms with E-state index in [4.69, 9.17) is 4.84 Å². The Bertz CT molecular complexity index is 1010. The van der Waals surface area contributed by atoms with Gasteiger partial charge in [0.25, 0.3) is 0 Å². The van der Waals surface area contributed by atoms with Crippen molar-refractivity contribution in [2.45, 2.75) is 31.6 Å². The molecule has 4 rings (SSSR count). The van der Waals surface area contributed by atoms with Crippen molar-refractivity contribution in [2.24, 2.45) is 5.16 Å². The SMILES string of the molecule is Cc1c(C2=NOC(C)(CSCc3c(F)cccc3F)C2)sc2ccccc12. The molecule has 1 atom stereocenters. The van der Waals surface area contributed by atoms with E-state index in [0.29, 0.717) is 12.2 Å². The lowest BCUT2D eigenvalue weighted by Gasteiger charge is -2.20. The zero-order valence-electron chi connectivity index (χ0n) is 15.1. The molecule has 3 aromatic rings. The molecule has 0 spiro atoms. The largest absolute Gasteiger partial charge is 0.388 e. The molecule has 1 aliphatic heterocycles. The van der Waals surface area contributed by atoms with E-state index in [0.717, 1.165) is 10.6 Å². The van der Waals surface area contributed by atoms with E-state index in [1.54, 1.807) is 11.3 Å². The first-order valence-corrected chi connectivity index (χ1v) is 10.7. The van der Waals surface area contributed by atoms with E-state index < -0.39 is 17.2 Å². The van der Waals surface area contributed by atoms with Crippen LogP contribution in [-0.2, 0) is 10.6 Å². The van der Waals surface area contributed by atoms with Gasteiger partial charge in [-0.15, -0.1) is 11.3 Å². The number of oxime groups is 1. The summed E-state index contributed by atoms with van der Waals surface area (Å²) in [5.41, 5.74) is 1.83. The van der Waals surface area contributed by atoms with Crippen LogP contribution < -0.4 is 0 Å². The van der Waals surface area contributed by atoms with E-state index in [1.807, 2.05) is 19.1 Å². The average molecular weight is 404 g/mol. The van der Waals surface area contributed by atoms with Crippen molar-refractivity contribution >= 4 is 38.9 Å². The maximum Gasteiger partial charge on any atom is 0.149 e. The van der Waals surface area contributed by atoms with Crippen LogP contribution in [0.2, 0.25) is 0 Å². The van der Waals surface area contributed by atoms with Crippen LogP contribution in [0.15, 0.2) is 47.6 Å². The molecule has 27 heavy (non-hydrogen) atoms. The minimum absolute atomic E-state index is 0.116. The van der Waals surface area contributed by atoms with Crippen molar-refractivity contribution in [2.75, 3.05) is 5.75 Å². The summed E-state index contributed by atoms with van der Waals surface area (Å²) in [7, 11) is 0. The van der Waals surface area contributed by atoms with E-state index in [1.165, 1.54) is 45.6 Å². The molecule has 0 bridgehead atoms. The lowest BCUT2D eigenvalue weighted by molar-refractivity contribution is 0.0163. The van der Waals surface area contributed by atoms with Gasteiger partial charge in [0.05, 0.1) is 4.88 Å². The lowest BCUT2D eigenvalue weighted by atomic mass is 9.99. The molecular formula is C21H19F2NOS2. The number of benzene rings is 2. The van der Waals surface area contributed by atoms with Crippen LogP contribution >= 0.6 is 23.1 Å². The predicted octanol–water partition coefficient (Wildman–Crippen LogP) is 6.30. The zero-order chi connectivity index (χ0) is 19.0. The summed E-state index contributed by atoms with van der Waals surface area (Å²) >= 11 is 3.19. The van der Waals surface area contributed by atoms with Crippen molar-refractivity contribution in [1.29, 1.82) is 0 Å². The zero-order valence-corrected chi connectivity index (χ0v) is 16.7. The van der Waals surface area contributed by atoms with Crippen LogP contribution in [0.3, 0.4) is 0 Å². The Morgan fingerprint density at radius 1 is 1.15 bits per heavy atom. The van der Waals surface area contributed by atoms with Gasteiger partial charge in [-0.05, 0) is 43.0 Å². The van der Waals surface area contributed by atoms with Crippen molar-refractivity contribution < 1.29 is 13.6 Å². The van der Waals surface area contributed by atoms with E-state index >= 15 is 0 Å². The lowest BCUT2D eigenvalue weighted by Crippen LogP contribution is -2.28. The highest BCUT2D eigenvalue weighted by molar-refractivity contribution is 7.98. The second-order valence-corrected chi connectivity index (χ2v) is 9.04. The average Bonchev–Trinajstić information content (AvgIpc) is 3.19. The number of fused-ring (bicyclic) bond motifs is 1. The van der Waals surface area contributed by atoms with E-state index in [2.05, 4.69) is 24.2 Å². The number of hydrogen-bond acceptors (Lipinski definition) is 4. The van der Waals surface area contributed by atoms with Gasteiger partial charge < -0.3 is 4.84 Å². The fraction of sp³-hybridized carbons (Fsp3) is 0.286. The van der Waals surface area contributed by atoms with E-state index in [9.17, 15) is 8.78 Å². The van der Waals surface area contributed by atoms with E-state index in [-0.39, 0.29) is 11.3 Å². The van der Waals surface area contributed by atoms with Gasteiger partial charge >= 0.3 is 0 Å². The van der Waals surface area contributed by atoms with Gasteiger partial charge in [0, 0.05) is 28.2 Å². The fourth-order valence-corrected chi connectivity index (χ4v) is 5.63. The molecule has 2 aromatic carbocycles. The Hall–Kier alpha value is -1.92. The van der Waals surface area contributed by atoms with Crippen LogP contribution in [0.5, 0.6) is 0 Å². The Balaban J connectivity index is 1.44. The first-order valence-electron chi connectivity index (χ1n) is 8.71. The monoisotopic (exact) mass is 403 g/mol. The second-order valence-electron chi connectivity index (χ2n) is 7.00. The third-order valence-corrected chi connectivity index (χ3v) is 7.37. The number of rotatable bonds is 5.